The zero-order chi connectivity index (χ0) is 20.1. The van der Waals surface area contributed by atoms with Crippen LogP contribution in [0.15, 0.2) is 77.3 Å². The largest absolute Gasteiger partial charge is 0.339 e. The summed E-state index contributed by atoms with van der Waals surface area (Å²) in [5.41, 5.74) is 2.39. The van der Waals surface area contributed by atoms with Crippen LogP contribution in [0.1, 0.15) is 42.6 Å². The van der Waals surface area contributed by atoms with Crippen LogP contribution < -0.4 is 0 Å². The summed E-state index contributed by atoms with van der Waals surface area (Å²) >= 11 is 0. The number of nitrogens with zero attached hydrogens (tertiary/aromatic N) is 3. The number of likely N-dealkylation sites (N-methyl/N-ethyl adjacent to an activating group) is 1. The van der Waals surface area contributed by atoms with Crippen LogP contribution in [-0.2, 0) is 0 Å². The molecule has 4 nitrogen and oxygen atoms in total. The first-order chi connectivity index (χ1) is 14.8. The minimum absolute atomic E-state index is 0. The zero-order valence-electron chi connectivity index (χ0n) is 17.5. The Balaban J connectivity index is 0.00000204. The summed E-state index contributed by atoms with van der Waals surface area (Å²) in [6.45, 7) is 0. The van der Waals surface area contributed by atoms with E-state index in [1.165, 1.54) is 29.2 Å². The number of fused-ring (bicyclic) bond motifs is 3. The van der Waals surface area contributed by atoms with Crippen LogP contribution in [0.2, 0.25) is 0 Å². The molecule has 4 aromatic rings. The van der Waals surface area contributed by atoms with Gasteiger partial charge in [0.15, 0.2) is 0 Å². The molecule has 6 rings (SSSR count). The monoisotopic (exact) mass is 431 g/mol. The van der Waals surface area contributed by atoms with Gasteiger partial charge in [-0.1, -0.05) is 78.0 Å². The lowest BCUT2D eigenvalue weighted by Crippen LogP contribution is -2.44. The van der Waals surface area contributed by atoms with Crippen LogP contribution in [0.4, 0.5) is 0 Å². The third-order valence-electron chi connectivity index (χ3n) is 7.23. The second kappa shape index (κ2) is 8.10. The SMILES string of the molecule is CN1[C@H]2CC[C@@H]1[C@@H](c1nc(-c3ccccc3)no1)[C@@H](c1ccc3ccccc3c1)C2.Cl. The molecule has 2 aliphatic rings. The quantitative estimate of drug-likeness (QED) is 0.396. The Morgan fingerprint density at radius 1 is 0.903 bits per heavy atom. The van der Waals surface area contributed by atoms with Gasteiger partial charge in [-0.3, -0.25) is 4.90 Å². The summed E-state index contributed by atoms with van der Waals surface area (Å²) in [5, 5.41) is 6.93. The molecule has 31 heavy (non-hydrogen) atoms. The van der Waals surface area contributed by atoms with E-state index < -0.39 is 0 Å². The van der Waals surface area contributed by atoms with Crippen molar-refractivity contribution in [2.45, 2.75) is 43.2 Å². The Morgan fingerprint density at radius 3 is 2.52 bits per heavy atom. The first-order valence-corrected chi connectivity index (χ1v) is 10.9. The Bertz CT molecular complexity index is 1190. The lowest BCUT2D eigenvalue weighted by atomic mass is 9.75. The molecule has 3 heterocycles. The van der Waals surface area contributed by atoms with Gasteiger partial charge in [0.1, 0.15) is 0 Å². The topological polar surface area (TPSA) is 42.2 Å². The first kappa shape index (κ1) is 20.2. The van der Waals surface area contributed by atoms with Gasteiger partial charge in [-0.2, -0.15) is 4.98 Å². The molecule has 4 atom stereocenters. The molecule has 0 radical (unpaired) electrons. The average Bonchev–Trinajstić information content (AvgIpc) is 3.36. The number of halogens is 1. The lowest BCUT2D eigenvalue weighted by Gasteiger charge is -2.41. The molecule has 0 unspecified atom stereocenters. The predicted octanol–water partition coefficient (Wildman–Crippen LogP) is 6.05. The van der Waals surface area contributed by atoms with E-state index >= 15 is 0 Å². The molecule has 5 heteroatoms. The van der Waals surface area contributed by atoms with Gasteiger partial charge < -0.3 is 4.52 Å². The highest BCUT2D eigenvalue weighted by Crippen LogP contribution is 2.50. The summed E-state index contributed by atoms with van der Waals surface area (Å²) in [6.07, 6.45) is 3.58. The Hall–Kier alpha value is -2.69. The molecule has 2 aliphatic heterocycles. The number of hydrogen-bond donors (Lipinski definition) is 0. The van der Waals surface area contributed by atoms with E-state index in [4.69, 9.17) is 9.51 Å². The second-order valence-corrected chi connectivity index (χ2v) is 8.76. The van der Waals surface area contributed by atoms with Crippen molar-refractivity contribution < 1.29 is 4.52 Å². The molecule has 1 aromatic heterocycles. The number of hydrogen-bond acceptors (Lipinski definition) is 4. The fourth-order valence-corrected chi connectivity index (χ4v) is 5.66. The van der Waals surface area contributed by atoms with E-state index in [0.29, 0.717) is 23.8 Å². The van der Waals surface area contributed by atoms with E-state index in [1.54, 1.807) is 0 Å². The normalized spacial score (nSPS) is 25.5. The van der Waals surface area contributed by atoms with Crippen LogP contribution in [0.5, 0.6) is 0 Å². The minimum Gasteiger partial charge on any atom is -0.339 e. The predicted molar refractivity (Wildman–Crippen MR) is 126 cm³/mol. The molecule has 0 amide bonds. The standard InChI is InChI=1S/C26H25N3O.ClH/c1-29-21-13-14-23(29)24(26-27-25(28-30-26)18-8-3-2-4-9-18)22(16-21)20-12-11-17-7-5-6-10-19(17)15-20;/h2-12,15,21-24H,13-14,16H2,1H3;1H/t21-,22+,23+,24-;/m0./s1. The molecule has 0 spiro atoms. The summed E-state index contributed by atoms with van der Waals surface area (Å²) < 4.78 is 5.91. The average molecular weight is 432 g/mol. The van der Waals surface area contributed by atoms with Gasteiger partial charge >= 0.3 is 0 Å². The first-order valence-electron chi connectivity index (χ1n) is 10.9. The molecular weight excluding hydrogens is 406 g/mol. The maximum absolute atomic E-state index is 5.91. The van der Waals surface area contributed by atoms with Gasteiger partial charge in [0.2, 0.25) is 11.7 Å². The number of aromatic nitrogens is 2. The van der Waals surface area contributed by atoms with Gasteiger partial charge in [-0.15, -0.1) is 12.4 Å². The zero-order valence-corrected chi connectivity index (χ0v) is 18.3. The maximum atomic E-state index is 5.91. The van der Waals surface area contributed by atoms with Crippen molar-refractivity contribution in [1.29, 1.82) is 0 Å². The van der Waals surface area contributed by atoms with Gasteiger partial charge in [0.05, 0.1) is 5.92 Å². The smallest absolute Gasteiger partial charge is 0.232 e. The second-order valence-electron chi connectivity index (χ2n) is 8.76. The summed E-state index contributed by atoms with van der Waals surface area (Å²) in [4.78, 5) is 7.44. The third-order valence-corrected chi connectivity index (χ3v) is 7.23. The van der Waals surface area contributed by atoms with Crippen LogP contribution >= 0.6 is 12.4 Å². The molecule has 2 saturated heterocycles. The Labute approximate surface area is 188 Å². The van der Waals surface area contributed by atoms with Crippen molar-refractivity contribution in [3.63, 3.8) is 0 Å². The molecule has 0 N–H and O–H groups in total. The summed E-state index contributed by atoms with van der Waals surface area (Å²) in [6, 6.07) is 26.7. The van der Waals surface area contributed by atoms with Crippen LogP contribution in [-0.4, -0.2) is 34.2 Å². The Morgan fingerprint density at radius 2 is 1.68 bits per heavy atom. The van der Waals surface area contributed by atoms with Crippen molar-refractivity contribution in [3.05, 3.63) is 84.3 Å². The van der Waals surface area contributed by atoms with Crippen molar-refractivity contribution in [3.8, 4) is 11.4 Å². The van der Waals surface area contributed by atoms with Crippen molar-refractivity contribution in [1.82, 2.24) is 15.0 Å². The summed E-state index contributed by atoms with van der Waals surface area (Å²) in [7, 11) is 2.26. The van der Waals surface area contributed by atoms with E-state index in [0.717, 1.165) is 17.9 Å². The Kier molecular flexibility index (Phi) is 5.28. The summed E-state index contributed by atoms with van der Waals surface area (Å²) in [5.74, 6) is 2.09. The van der Waals surface area contributed by atoms with Gasteiger partial charge in [-0.25, -0.2) is 0 Å². The van der Waals surface area contributed by atoms with Crippen LogP contribution in [0.3, 0.4) is 0 Å². The molecule has 0 saturated carbocycles. The lowest BCUT2D eigenvalue weighted by molar-refractivity contribution is 0.120. The highest BCUT2D eigenvalue weighted by atomic mass is 35.5. The van der Waals surface area contributed by atoms with Crippen molar-refractivity contribution in [2.75, 3.05) is 7.05 Å². The molecular formula is C26H26ClN3O. The van der Waals surface area contributed by atoms with Crippen molar-refractivity contribution >= 4 is 23.2 Å². The highest BCUT2D eigenvalue weighted by Gasteiger charge is 2.48. The molecule has 3 aromatic carbocycles. The molecule has 0 aliphatic carbocycles. The molecule has 158 valence electrons. The molecule has 2 bridgehead atoms. The van der Waals surface area contributed by atoms with E-state index in [1.807, 2.05) is 30.3 Å². The van der Waals surface area contributed by atoms with E-state index in [9.17, 15) is 0 Å². The fraction of sp³-hybridized carbons (Fsp3) is 0.308. The number of rotatable bonds is 3. The van der Waals surface area contributed by atoms with Gasteiger partial charge in [0.25, 0.3) is 0 Å². The minimum atomic E-state index is 0. The van der Waals surface area contributed by atoms with Crippen molar-refractivity contribution in [2.24, 2.45) is 0 Å². The van der Waals surface area contributed by atoms with Gasteiger partial charge in [-0.05, 0) is 48.6 Å². The fourth-order valence-electron chi connectivity index (χ4n) is 5.66. The third kappa shape index (κ3) is 3.44. The highest BCUT2D eigenvalue weighted by molar-refractivity contribution is 5.85. The van der Waals surface area contributed by atoms with Crippen LogP contribution in [0, 0.1) is 0 Å². The van der Waals surface area contributed by atoms with Crippen LogP contribution in [0.25, 0.3) is 22.2 Å². The van der Waals surface area contributed by atoms with E-state index in [-0.39, 0.29) is 18.3 Å². The maximum Gasteiger partial charge on any atom is 0.232 e. The van der Waals surface area contributed by atoms with Gasteiger partial charge in [0, 0.05) is 17.6 Å². The number of piperidine rings is 1. The number of benzene rings is 3. The van der Waals surface area contributed by atoms with E-state index in [2.05, 4.69) is 59.6 Å². The molecule has 2 fully saturated rings.